The normalized spacial score (nSPS) is 10.8. The summed E-state index contributed by atoms with van der Waals surface area (Å²) in [4.78, 5) is 12.4. The summed E-state index contributed by atoms with van der Waals surface area (Å²) in [6, 6.07) is 5.54. The van der Waals surface area contributed by atoms with Gasteiger partial charge in [0.1, 0.15) is 0 Å². The minimum Gasteiger partial charge on any atom is -0.434 e. The van der Waals surface area contributed by atoms with Gasteiger partial charge in [0.2, 0.25) is 5.89 Å². The van der Waals surface area contributed by atoms with Crippen LogP contribution in [-0.2, 0) is 0 Å². The average molecular weight is 276 g/mol. The molecule has 3 aromatic rings. The van der Waals surface area contributed by atoms with Crippen molar-refractivity contribution < 1.29 is 4.42 Å². The van der Waals surface area contributed by atoms with Crippen LogP contribution in [0.1, 0.15) is 0 Å². The van der Waals surface area contributed by atoms with Gasteiger partial charge in [-0.15, -0.1) is 0 Å². The van der Waals surface area contributed by atoms with Crippen LogP contribution in [-0.4, -0.2) is 15.0 Å². The molecule has 5 heteroatoms. The van der Waals surface area contributed by atoms with Gasteiger partial charge in [-0.2, -0.15) is 4.98 Å². The van der Waals surface area contributed by atoms with E-state index in [1.54, 1.807) is 18.6 Å². The highest BCUT2D eigenvalue weighted by atomic mass is 79.9. The van der Waals surface area contributed by atoms with Gasteiger partial charge in [-0.3, -0.25) is 4.98 Å². The first-order valence-electron chi connectivity index (χ1n) is 4.65. The third kappa shape index (κ3) is 1.59. The molecule has 4 nitrogen and oxygen atoms in total. The van der Waals surface area contributed by atoms with Gasteiger partial charge in [-0.05, 0) is 28.1 Å². The third-order valence-corrected chi connectivity index (χ3v) is 2.57. The molecule has 0 aliphatic heterocycles. The lowest BCUT2D eigenvalue weighted by atomic mass is 10.3. The van der Waals surface area contributed by atoms with Gasteiger partial charge >= 0.3 is 0 Å². The number of nitrogens with zero attached hydrogens (tertiary/aromatic N) is 3. The Kier molecular flexibility index (Phi) is 2.18. The van der Waals surface area contributed by atoms with Gasteiger partial charge < -0.3 is 4.42 Å². The molecule has 3 aromatic heterocycles. The zero-order chi connectivity index (χ0) is 11.0. The van der Waals surface area contributed by atoms with E-state index in [0.717, 1.165) is 10.0 Å². The van der Waals surface area contributed by atoms with Crippen LogP contribution in [0.5, 0.6) is 0 Å². The molecule has 0 spiro atoms. The molecule has 16 heavy (non-hydrogen) atoms. The zero-order valence-corrected chi connectivity index (χ0v) is 9.68. The number of rotatable bonds is 1. The van der Waals surface area contributed by atoms with Crippen molar-refractivity contribution in [2.24, 2.45) is 0 Å². The van der Waals surface area contributed by atoms with E-state index in [-0.39, 0.29) is 0 Å². The van der Waals surface area contributed by atoms with E-state index in [1.807, 2.05) is 18.2 Å². The molecule has 0 radical (unpaired) electrons. The summed E-state index contributed by atoms with van der Waals surface area (Å²) in [7, 11) is 0. The maximum atomic E-state index is 5.60. The molecule has 0 N–H and O–H groups in total. The monoisotopic (exact) mass is 275 g/mol. The SMILES string of the molecule is Brc1cnc2nc(-c3ccncc3)oc2c1. The molecule has 0 bridgehead atoms. The highest BCUT2D eigenvalue weighted by Crippen LogP contribution is 2.24. The van der Waals surface area contributed by atoms with Crippen LogP contribution in [0, 0.1) is 0 Å². The number of fused-ring (bicyclic) bond motifs is 1. The van der Waals surface area contributed by atoms with Crippen molar-refractivity contribution in [1.29, 1.82) is 0 Å². The zero-order valence-electron chi connectivity index (χ0n) is 8.09. The van der Waals surface area contributed by atoms with Crippen LogP contribution in [0.3, 0.4) is 0 Å². The van der Waals surface area contributed by atoms with E-state index < -0.39 is 0 Å². The van der Waals surface area contributed by atoms with Gasteiger partial charge in [0.25, 0.3) is 0 Å². The number of hydrogen-bond donors (Lipinski definition) is 0. The fraction of sp³-hybridized carbons (Fsp3) is 0. The topological polar surface area (TPSA) is 51.8 Å². The van der Waals surface area contributed by atoms with E-state index in [0.29, 0.717) is 17.1 Å². The Morgan fingerprint density at radius 2 is 2.00 bits per heavy atom. The smallest absolute Gasteiger partial charge is 0.228 e. The Morgan fingerprint density at radius 1 is 1.19 bits per heavy atom. The molecule has 78 valence electrons. The molecular formula is C11H6BrN3O. The predicted molar refractivity (Wildman–Crippen MR) is 62.7 cm³/mol. The summed E-state index contributed by atoms with van der Waals surface area (Å²) >= 11 is 3.34. The Morgan fingerprint density at radius 3 is 2.81 bits per heavy atom. The van der Waals surface area contributed by atoms with E-state index in [9.17, 15) is 0 Å². The quantitative estimate of drug-likeness (QED) is 0.685. The highest BCUT2D eigenvalue weighted by molar-refractivity contribution is 9.10. The molecule has 3 heterocycles. The second-order valence-corrected chi connectivity index (χ2v) is 4.15. The molecule has 0 atom stereocenters. The maximum Gasteiger partial charge on any atom is 0.228 e. The van der Waals surface area contributed by atoms with E-state index >= 15 is 0 Å². The van der Waals surface area contributed by atoms with Crippen molar-refractivity contribution >= 4 is 27.2 Å². The average Bonchev–Trinajstić information content (AvgIpc) is 2.73. The molecule has 3 rings (SSSR count). The molecule has 0 saturated heterocycles. The Balaban J connectivity index is 2.19. The van der Waals surface area contributed by atoms with Crippen molar-refractivity contribution in [3.8, 4) is 11.5 Å². The van der Waals surface area contributed by atoms with Crippen LogP contribution in [0.2, 0.25) is 0 Å². The fourth-order valence-corrected chi connectivity index (χ4v) is 1.72. The summed E-state index contributed by atoms with van der Waals surface area (Å²) in [5.74, 6) is 0.558. The van der Waals surface area contributed by atoms with Crippen molar-refractivity contribution in [3.05, 3.63) is 41.3 Å². The van der Waals surface area contributed by atoms with Crippen molar-refractivity contribution in [2.75, 3.05) is 0 Å². The van der Waals surface area contributed by atoms with Gasteiger partial charge in [0, 0.05) is 34.7 Å². The molecule has 0 aromatic carbocycles. The molecule has 0 unspecified atom stereocenters. The number of oxazole rings is 1. The maximum absolute atomic E-state index is 5.60. The summed E-state index contributed by atoms with van der Waals surface area (Å²) in [5.41, 5.74) is 2.17. The van der Waals surface area contributed by atoms with Gasteiger partial charge in [-0.25, -0.2) is 4.98 Å². The molecule has 0 aliphatic rings. The molecular weight excluding hydrogens is 270 g/mol. The third-order valence-electron chi connectivity index (χ3n) is 2.14. The van der Waals surface area contributed by atoms with E-state index in [1.165, 1.54) is 0 Å². The van der Waals surface area contributed by atoms with E-state index in [4.69, 9.17) is 4.42 Å². The molecule has 0 aliphatic carbocycles. The van der Waals surface area contributed by atoms with Gasteiger partial charge in [0.05, 0.1) is 0 Å². The number of aromatic nitrogens is 3. The summed E-state index contributed by atoms with van der Waals surface area (Å²) in [6.45, 7) is 0. The molecule has 0 saturated carbocycles. The second-order valence-electron chi connectivity index (χ2n) is 3.23. The Hall–Kier alpha value is -1.75. The minimum absolute atomic E-state index is 0.558. The van der Waals surface area contributed by atoms with Crippen molar-refractivity contribution in [1.82, 2.24) is 15.0 Å². The Bertz CT molecular complexity index is 636. The number of halogens is 1. The number of hydrogen-bond acceptors (Lipinski definition) is 4. The fourth-order valence-electron chi connectivity index (χ4n) is 1.41. The Labute approximate surface area is 99.5 Å². The highest BCUT2D eigenvalue weighted by Gasteiger charge is 2.08. The first-order chi connectivity index (χ1) is 7.83. The molecule has 0 amide bonds. The van der Waals surface area contributed by atoms with Crippen LogP contribution < -0.4 is 0 Å². The summed E-state index contributed by atoms with van der Waals surface area (Å²) in [5, 5.41) is 0. The van der Waals surface area contributed by atoms with Crippen molar-refractivity contribution in [3.63, 3.8) is 0 Å². The predicted octanol–water partition coefficient (Wildman–Crippen LogP) is 3.05. The largest absolute Gasteiger partial charge is 0.434 e. The lowest BCUT2D eigenvalue weighted by Gasteiger charge is -1.91. The lowest BCUT2D eigenvalue weighted by Crippen LogP contribution is -1.78. The lowest BCUT2D eigenvalue weighted by molar-refractivity contribution is 0.619. The molecule has 0 fully saturated rings. The second kappa shape index (κ2) is 3.68. The van der Waals surface area contributed by atoms with Crippen LogP contribution >= 0.6 is 15.9 Å². The summed E-state index contributed by atoms with van der Waals surface area (Å²) < 4.78 is 6.48. The first kappa shape index (κ1) is 9.47. The van der Waals surface area contributed by atoms with Crippen LogP contribution in [0.15, 0.2) is 45.7 Å². The minimum atomic E-state index is 0.558. The van der Waals surface area contributed by atoms with Crippen LogP contribution in [0.4, 0.5) is 0 Å². The van der Waals surface area contributed by atoms with Gasteiger partial charge in [-0.1, -0.05) is 0 Å². The van der Waals surface area contributed by atoms with Crippen LogP contribution in [0.25, 0.3) is 22.7 Å². The number of pyridine rings is 2. The van der Waals surface area contributed by atoms with Gasteiger partial charge in [0.15, 0.2) is 11.2 Å². The first-order valence-corrected chi connectivity index (χ1v) is 5.45. The standard InChI is InChI=1S/C11H6BrN3O/c12-8-5-9-10(14-6-8)15-11(16-9)7-1-3-13-4-2-7/h1-6H. The van der Waals surface area contributed by atoms with Crippen molar-refractivity contribution in [2.45, 2.75) is 0 Å². The van der Waals surface area contributed by atoms with E-state index in [2.05, 4.69) is 30.9 Å². The summed E-state index contributed by atoms with van der Waals surface area (Å²) in [6.07, 6.45) is 5.10.